The quantitative estimate of drug-likeness (QED) is 0.859. The minimum absolute atomic E-state index is 0.608. The van der Waals surface area contributed by atoms with Gasteiger partial charge in [0.05, 0.1) is 4.47 Å². The maximum absolute atomic E-state index is 5.64. The molecule has 1 saturated heterocycles. The first-order valence-corrected chi connectivity index (χ1v) is 5.51. The summed E-state index contributed by atoms with van der Waals surface area (Å²) in [6, 6.07) is 0. The second-order valence-electron chi connectivity index (χ2n) is 3.53. The van der Waals surface area contributed by atoms with Gasteiger partial charge in [-0.15, -0.1) is 0 Å². The zero-order valence-corrected chi connectivity index (χ0v) is 9.44. The molecule has 1 atom stereocenters. The van der Waals surface area contributed by atoms with Gasteiger partial charge in [0.2, 0.25) is 0 Å². The minimum Gasteiger partial charge on any atom is -0.355 e. The highest BCUT2D eigenvalue weighted by Gasteiger charge is 2.23. The van der Waals surface area contributed by atoms with Crippen molar-refractivity contribution in [2.24, 2.45) is 11.7 Å². The van der Waals surface area contributed by atoms with Crippen molar-refractivity contribution in [3.05, 3.63) is 17.0 Å². The van der Waals surface area contributed by atoms with E-state index < -0.39 is 0 Å². The number of halogens is 1. The number of anilines is 1. The van der Waals surface area contributed by atoms with E-state index in [-0.39, 0.29) is 0 Å². The van der Waals surface area contributed by atoms with Gasteiger partial charge in [-0.05, 0) is 34.8 Å². The van der Waals surface area contributed by atoms with E-state index in [1.54, 1.807) is 12.5 Å². The van der Waals surface area contributed by atoms with Gasteiger partial charge in [0.1, 0.15) is 12.1 Å². The molecular weight excluding hydrogens is 244 g/mol. The molecule has 76 valence electrons. The van der Waals surface area contributed by atoms with Crippen LogP contribution in [0, 0.1) is 5.92 Å². The first kappa shape index (κ1) is 9.86. The smallest absolute Gasteiger partial charge is 0.146 e. The first-order valence-electron chi connectivity index (χ1n) is 4.71. The van der Waals surface area contributed by atoms with Crippen molar-refractivity contribution in [2.75, 3.05) is 24.5 Å². The lowest BCUT2D eigenvalue weighted by atomic mass is 10.1. The van der Waals surface area contributed by atoms with Crippen LogP contribution in [0.3, 0.4) is 0 Å². The minimum atomic E-state index is 0.608. The normalized spacial score (nSPS) is 21.6. The van der Waals surface area contributed by atoms with Gasteiger partial charge >= 0.3 is 0 Å². The summed E-state index contributed by atoms with van der Waals surface area (Å²) in [4.78, 5) is 10.5. The Morgan fingerprint density at radius 1 is 1.64 bits per heavy atom. The molecule has 0 amide bonds. The Labute approximate surface area is 91.7 Å². The molecule has 1 aliphatic heterocycles. The Morgan fingerprint density at radius 3 is 3.14 bits per heavy atom. The molecule has 1 unspecified atom stereocenters. The van der Waals surface area contributed by atoms with E-state index in [0.717, 1.165) is 36.3 Å². The van der Waals surface area contributed by atoms with E-state index in [4.69, 9.17) is 5.73 Å². The summed E-state index contributed by atoms with van der Waals surface area (Å²) in [5.74, 6) is 1.59. The van der Waals surface area contributed by atoms with Gasteiger partial charge in [-0.2, -0.15) is 0 Å². The Hall–Kier alpha value is -0.680. The van der Waals surface area contributed by atoms with Gasteiger partial charge in [-0.3, -0.25) is 0 Å². The third-order valence-corrected chi connectivity index (χ3v) is 3.13. The van der Waals surface area contributed by atoms with Crippen molar-refractivity contribution >= 4 is 21.7 Å². The summed E-state index contributed by atoms with van der Waals surface area (Å²) in [6.07, 6.45) is 4.51. The number of nitrogens with two attached hydrogens (primary N) is 1. The van der Waals surface area contributed by atoms with Crippen LogP contribution in [0.5, 0.6) is 0 Å². The summed E-state index contributed by atoms with van der Waals surface area (Å²) in [7, 11) is 0. The summed E-state index contributed by atoms with van der Waals surface area (Å²) in [5, 5.41) is 0. The number of hydrogen-bond donors (Lipinski definition) is 1. The molecule has 14 heavy (non-hydrogen) atoms. The molecule has 0 saturated carbocycles. The average molecular weight is 257 g/mol. The van der Waals surface area contributed by atoms with E-state index in [1.807, 2.05) is 0 Å². The molecular formula is C9H13BrN4. The Morgan fingerprint density at radius 2 is 2.50 bits per heavy atom. The highest BCUT2D eigenvalue weighted by atomic mass is 79.9. The number of rotatable bonds is 2. The number of nitrogens with zero attached hydrogens (tertiary/aromatic N) is 3. The molecule has 0 radical (unpaired) electrons. The fourth-order valence-corrected chi connectivity index (χ4v) is 2.23. The van der Waals surface area contributed by atoms with E-state index in [1.165, 1.54) is 0 Å². The third-order valence-electron chi connectivity index (χ3n) is 2.57. The molecule has 1 aromatic heterocycles. The van der Waals surface area contributed by atoms with Gasteiger partial charge in [0, 0.05) is 19.3 Å². The molecule has 2 N–H and O–H groups in total. The van der Waals surface area contributed by atoms with Crippen LogP contribution in [0.2, 0.25) is 0 Å². The Kier molecular flexibility index (Phi) is 2.98. The van der Waals surface area contributed by atoms with Crippen LogP contribution in [-0.2, 0) is 0 Å². The number of aromatic nitrogens is 2. The molecule has 2 heterocycles. The molecule has 1 fully saturated rings. The predicted octanol–water partition coefficient (Wildman–Crippen LogP) is 1.02. The molecule has 0 aromatic carbocycles. The highest BCUT2D eigenvalue weighted by Crippen LogP contribution is 2.27. The van der Waals surface area contributed by atoms with Crippen LogP contribution in [0.15, 0.2) is 17.0 Å². The summed E-state index contributed by atoms with van der Waals surface area (Å²) in [6.45, 7) is 2.81. The number of hydrogen-bond acceptors (Lipinski definition) is 4. The summed E-state index contributed by atoms with van der Waals surface area (Å²) < 4.78 is 0.956. The highest BCUT2D eigenvalue weighted by molar-refractivity contribution is 9.10. The van der Waals surface area contributed by atoms with Gasteiger partial charge in [-0.1, -0.05) is 0 Å². The maximum Gasteiger partial charge on any atom is 0.146 e. The molecule has 2 rings (SSSR count). The lowest BCUT2D eigenvalue weighted by Crippen LogP contribution is -2.23. The third kappa shape index (κ3) is 1.88. The average Bonchev–Trinajstić information content (AvgIpc) is 2.67. The van der Waals surface area contributed by atoms with Crippen molar-refractivity contribution in [1.82, 2.24) is 9.97 Å². The second kappa shape index (κ2) is 4.23. The van der Waals surface area contributed by atoms with Crippen LogP contribution in [-0.4, -0.2) is 29.6 Å². The van der Waals surface area contributed by atoms with E-state index >= 15 is 0 Å². The summed E-state index contributed by atoms with van der Waals surface area (Å²) >= 11 is 3.45. The largest absolute Gasteiger partial charge is 0.355 e. The van der Waals surface area contributed by atoms with Crippen molar-refractivity contribution in [3.63, 3.8) is 0 Å². The molecule has 5 heteroatoms. The van der Waals surface area contributed by atoms with Gasteiger partial charge in [0.15, 0.2) is 0 Å². The first-order chi connectivity index (χ1) is 6.81. The van der Waals surface area contributed by atoms with Crippen molar-refractivity contribution in [3.8, 4) is 0 Å². The lowest BCUT2D eigenvalue weighted by Gasteiger charge is -2.17. The van der Waals surface area contributed by atoms with Crippen molar-refractivity contribution < 1.29 is 0 Å². The molecule has 0 bridgehead atoms. The van der Waals surface area contributed by atoms with Crippen LogP contribution in [0.1, 0.15) is 6.42 Å². The SMILES string of the molecule is NCC1CCN(c2ncncc2Br)C1. The van der Waals surface area contributed by atoms with Gasteiger partial charge < -0.3 is 10.6 Å². The van der Waals surface area contributed by atoms with Crippen LogP contribution >= 0.6 is 15.9 Å². The summed E-state index contributed by atoms with van der Waals surface area (Å²) in [5.41, 5.74) is 5.64. The Balaban J connectivity index is 2.13. The van der Waals surface area contributed by atoms with Crippen molar-refractivity contribution in [2.45, 2.75) is 6.42 Å². The van der Waals surface area contributed by atoms with Crippen LogP contribution < -0.4 is 10.6 Å². The molecule has 1 aliphatic rings. The second-order valence-corrected chi connectivity index (χ2v) is 4.39. The molecule has 0 spiro atoms. The van der Waals surface area contributed by atoms with Gasteiger partial charge in [-0.25, -0.2) is 9.97 Å². The topological polar surface area (TPSA) is 55.0 Å². The van der Waals surface area contributed by atoms with E-state index in [9.17, 15) is 0 Å². The lowest BCUT2D eigenvalue weighted by molar-refractivity contribution is 0.602. The molecule has 1 aromatic rings. The zero-order valence-electron chi connectivity index (χ0n) is 7.86. The van der Waals surface area contributed by atoms with Crippen LogP contribution in [0.4, 0.5) is 5.82 Å². The molecule has 0 aliphatic carbocycles. The van der Waals surface area contributed by atoms with Crippen LogP contribution in [0.25, 0.3) is 0 Å². The predicted molar refractivity (Wildman–Crippen MR) is 59.1 cm³/mol. The molecule has 4 nitrogen and oxygen atoms in total. The van der Waals surface area contributed by atoms with Crippen molar-refractivity contribution in [1.29, 1.82) is 0 Å². The Bertz CT molecular complexity index is 317. The fourth-order valence-electron chi connectivity index (χ4n) is 1.76. The maximum atomic E-state index is 5.64. The van der Waals surface area contributed by atoms with Gasteiger partial charge in [0.25, 0.3) is 0 Å². The monoisotopic (exact) mass is 256 g/mol. The zero-order chi connectivity index (χ0) is 9.97. The van der Waals surface area contributed by atoms with E-state index in [2.05, 4.69) is 30.8 Å². The van der Waals surface area contributed by atoms with E-state index in [0.29, 0.717) is 5.92 Å². The fraction of sp³-hybridized carbons (Fsp3) is 0.556. The standard InChI is InChI=1S/C9H13BrN4/c10-8-4-12-6-13-9(8)14-2-1-7(3-11)5-14/h4,6-7H,1-3,5,11H2.